The van der Waals surface area contributed by atoms with Crippen LogP contribution in [-0.4, -0.2) is 46.6 Å². The van der Waals surface area contributed by atoms with Gasteiger partial charge >= 0.3 is 0 Å². The van der Waals surface area contributed by atoms with Gasteiger partial charge in [-0.05, 0) is 30.2 Å². The molecule has 2 aromatic rings. The molecule has 0 spiro atoms. The van der Waals surface area contributed by atoms with Crippen LogP contribution in [0.4, 0.5) is 0 Å². The fraction of sp³-hybridized carbons (Fsp3) is 0.409. The molecule has 2 rings (SSSR count). The van der Waals surface area contributed by atoms with E-state index in [9.17, 15) is 0 Å². The fourth-order valence-electron chi connectivity index (χ4n) is 2.70. The molecule has 0 saturated heterocycles. The Morgan fingerprint density at radius 2 is 1.76 bits per heavy atom. The summed E-state index contributed by atoms with van der Waals surface area (Å²) in [6, 6.07) is 13.9. The number of aliphatic imine (C=N–C) groups is 1. The van der Waals surface area contributed by atoms with Crippen molar-refractivity contribution in [3.63, 3.8) is 0 Å². The lowest BCUT2D eigenvalue weighted by molar-refractivity contribution is 0.390. The summed E-state index contributed by atoms with van der Waals surface area (Å²) in [4.78, 5) is 5.48. The van der Waals surface area contributed by atoms with E-state index in [2.05, 4.69) is 28.6 Å². The van der Waals surface area contributed by atoms with E-state index in [1.54, 1.807) is 40.1 Å². The molecule has 0 amide bonds. The van der Waals surface area contributed by atoms with Crippen LogP contribution in [-0.2, 0) is 6.54 Å². The zero-order valence-corrected chi connectivity index (χ0v) is 18.6. The molecule has 0 aliphatic carbocycles. The number of nitrogens with one attached hydrogen (secondary N) is 2. The van der Waals surface area contributed by atoms with Crippen molar-refractivity contribution in [3.05, 3.63) is 48.0 Å². The van der Waals surface area contributed by atoms with Gasteiger partial charge in [0.15, 0.2) is 5.96 Å². The molecule has 7 heteroatoms. The maximum atomic E-state index is 5.45. The van der Waals surface area contributed by atoms with Gasteiger partial charge in [-0.15, -0.1) is 11.8 Å². The number of methoxy groups -OCH3 is 3. The summed E-state index contributed by atoms with van der Waals surface area (Å²) in [6.45, 7) is 3.65. The maximum Gasteiger partial charge on any atom is 0.191 e. The Balaban J connectivity index is 1.81. The number of para-hydroxylation sites is 1. The Bertz CT molecular complexity index is 799. The Hall–Kier alpha value is -2.54. The molecular formula is C22H31N3O3S. The molecular weight excluding hydrogens is 386 g/mol. The number of hydrogen-bond acceptors (Lipinski definition) is 5. The predicted octanol–water partition coefficient (Wildman–Crippen LogP) is 3.81. The number of guanidine groups is 1. The number of thioether (sulfide) groups is 1. The molecule has 6 nitrogen and oxygen atoms in total. The SMILES string of the molecule is CN=C(NCc1ccc(OC)cc1OC)NCC(C)CSc1ccccc1OC. The van der Waals surface area contributed by atoms with Crippen LogP contribution in [0.3, 0.4) is 0 Å². The third-order valence-electron chi connectivity index (χ3n) is 4.37. The standard InChI is InChI=1S/C22H31N3O3S/c1-16(15-29-21-9-7-6-8-19(21)27-4)13-24-22(23-2)25-14-17-10-11-18(26-3)12-20(17)28-5/h6-12,16H,13-15H2,1-5H3,(H2,23,24,25). The summed E-state index contributed by atoms with van der Waals surface area (Å²) in [7, 11) is 6.78. The van der Waals surface area contributed by atoms with Crippen molar-refractivity contribution >= 4 is 17.7 Å². The first-order valence-corrected chi connectivity index (χ1v) is 10.5. The summed E-state index contributed by atoms with van der Waals surface area (Å²) < 4.78 is 16.1. The fourth-order valence-corrected chi connectivity index (χ4v) is 3.75. The average Bonchev–Trinajstić information content (AvgIpc) is 2.77. The van der Waals surface area contributed by atoms with E-state index < -0.39 is 0 Å². The Kier molecular flexibility index (Phi) is 9.50. The Labute approximate surface area is 178 Å². The van der Waals surface area contributed by atoms with Crippen LogP contribution in [0.5, 0.6) is 17.2 Å². The molecule has 29 heavy (non-hydrogen) atoms. The second-order valence-electron chi connectivity index (χ2n) is 6.55. The number of ether oxygens (including phenoxy) is 3. The van der Waals surface area contributed by atoms with Crippen molar-refractivity contribution in [3.8, 4) is 17.2 Å². The van der Waals surface area contributed by atoms with Crippen molar-refractivity contribution in [1.29, 1.82) is 0 Å². The molecule has 1 atom stereocenters. The van der Waals surface area contributed by atoms with Gasteiger partial charge in [0.05, 0.1) is 21.3 Å². The summed E-state index contributed by atoms with van der Waals surface area (Å²) in [5.41, 5.74) is 1.04. The number of rotatable bonds is 10. The van der Waals surface area contributed by atoms with E-state index in [4.69, 9.17) is 14.2 Å². The lowest BCUT2D eigenvalue weighted by Gasteiger charge is -2.17. The van der Waals surface area contributed by atoms with Crippen LogP contribution in [0.1, 0.15) is 12.5 Å². The molecule has 0 saturated carbocycles. The number of nitrogens with zero attached hydrogens (tertiary/aromatic N) is 1. The molecule has 0 heterocycles. The monoisotopic (exact) mass is 417 g/mol. The summed E-state index contributed by atoms with van der Waals surface area (Å²) >= 11 is 1.80. The van der Waals surface area contributed by atoms with Crippen molar-refractivity contribution in [2.45, 2.75) is 18.4 Å². The van der Waals surface area contributed by atoms with Gasteiger partial charge in [-0.3, -0.25) is 4.99 Å². The highest BCUT2D eigenvalue weighted by Gasteiger charge is 2.09. The normalized spacial score (nSPS) is 12.2. The largest absolute Gasteiger partial charge is 0.497 e. The van der Waals surface area contributed by atoms with Crippen LogP contribution < -0.4 is 24.8 Å². The van der Waals surface area contributed by atoms with Crippen molar-refractivity contribution in [1.82, 2.24) is 10.6 Å². The minimum absolute atomic E-state index is 0.457. The second-order valence-corrected chi connectivity index (χ2v) is 7.61. The van der Waals surface area contributed by atoms with E-state index in [-0.39, 0.29) is 0 Å². The van der Waals surface area contributed by atoms with Gasteiger partial charge in [-0.1, -0.05) is 19.1 Å². The predicted molar refractivity (Wildman–Crippen MR) is 121 cm³/mol. The van der Waals surface area contributed by atoms with Gasteiger partial charge < -0.3 is 24.8 Å². The molecule has 158 valence electrons. The minimum atomic E-state index is 0.457. The van der Waals surface area contributed by atoms with Crippen LogP contribution in [0, 0.1) is 5.92 Å². The second kappa shape index (κ2) is 12.1. The quantitative estimate of drug-likeness (QED) is 0.348. The molecule has 0 aliphatic rings. The van der Waals surface area contributed by atoms with Crippen molar-refractivity contribution < 1.29 is 14.2 Å². The summed E-state index contributed by atoms with van der Waals surface area (Å²) in [5.74, 6) is 4.68. The topological polar surface area (TPSA) is 64.1 Å². The van der Waals surface area contributed by atoms with Gasteiger partial charge in [0.2, 0.25) is 0 Å². The average molecular weight is 418 g/mol. The lowest BCUT2D eigenvalue weighted by Crippen LogP contribution is -2.39. The van der Waals surface area contributed by atoms with Crippen LogP contribution in [0.15, 0.2) is 52.4 Å². The third kappa shape index (κ3) is 7.09. The zero-order chi connectivity index (χ0) is 21.1. The van der Waals surface area contributed by atoms with Gasteiger partial charge in [0.1, 0.15) is 17.2 Å². The van der Waals surface area contributed by atoms with E-state index >= 15 is 0 Å². The summed E-state index contributed by atoms with van der Waals surface area (Å²) in [5, 5.41) is 6.73. The number of hydrogen-bond donors (Lipinski definition) is 2. The molecule has 0 fully saturated rings. The molecule has 0 aromatic heterocycles. The molecule has 2 aromatic carbocycles. The first kappa shape index (κ1) is 22.7. The minimum Gasteiger partial charge on any atom is -0.497 e. The highest BCUT2D eigenvalue weighted by atomic mass is 32.2. The first-order chi connectivity index (χ1) is 14.1. The van der Waals surface area contributed by atoms with Gasteiger partial charge in [-0.2, -0.15) is 0 Å². The molecule has 2 N–H and O–H groups in total. The Morgan fingerprint density at radius 1 is 1.00 bits per heavy atom. The van der Waals surface area contributed by atoms with Gasteiger partial charge in [0, 0.05) is 42.4 Å². The zero-order valence-electron chi connectivity index (χ0n) is 17.8. The van der Waals surface area contributed by atoms with Crippen molar-refractivity contribution in [2.24, 2.45) is 10.9 Å². The van der Waals surface area contributed by atoms with Gasteiger partial charge in [-0.25, -0.2) is 0 Å². The van der Waals surface area contributed by atoms with E-state index in [1.807, 2.05) is 36.4 Å². The molecule has 0 aliphatic heterocycles. The van der Waals surface area contributed by atoms with E-state index in [0.29, 0.717) is 12.5 Å². The van der Waals surface area contributed by atoms with Crippen LogP contribution in [0.2, 0.25) is 0 Å². The van der Waals surface area contributed by atoms with E-state index in [1.165, 1.54) is 0 Å². The van der Waals surface area contributed by atoms with E-state index in [0.717, 1.165) is 46.0 Å². The summed E-state index contributed by atoms with van der Waals surface area (Å²) in [6.07, 6.45) is 0. The van der Waals surface area contributed by atoms with Gasteiger partial charge in [0.25, 0.3) is 0 Å². The number of benzene rings is 2. The Morgan fingerprint density at radius 3 is 2.45 bits per heavy atom. The first-order valence-electron chi connectivity index (χ1n) is 9.52. The van der Waals surface area contributed by atoms with Crippen LogP contribution >= 0.6 is 11.8 Å². The molecule has 0 bridgehead atoms. The maximum absolute atomic E-state index is 5.45. The third-order valence-corrected chi connectivity index (χ3v) is 5.76. The lowest BCUT2D eigenvalue weighted by atomic mass is 10.2. The smallest absolute Gasteiger partial charge is 0.191 e. The molecule has 0 radical (unpaired) electrons. The highest BCUT2D eigenvalue weighted by Crippen LogP contribution is 2.30. The van der Waals surface area contributed by atoms with Crippen molar-refractivity contribution in [2.75, 3.05) is 40.7 Å². The molecule has 1 unspecified atom stereocenters. The highest BCUT2D eigenvalue weighted by molar-refractivity contribution is 7.99. The van der Waals surface area contributed by atoms with Crippen LogP contribution in [0.25, 0.3) is 0 Å².